The third-order valence-electron chi connectivity index (χ3n) is 2.26. The van der Waals surface area contributed by atoms with E-state index in [0.717, 1.165) is 12.0 Å². The minimum atomic E-state index is -0.204. The highest BCUT2D eigenvalue weighted by Crippen LogP contribution is 2.10. The van der Waals surface area contributed by atoms with E-state index in [0.29, 0.717) is 17.7 Å². The summed E-state index contributed by atoms with van der Waals surface area (Å²) in [4.78, 5) is 11.9. The van der Waals surface area contributed by atoms with Crippen LogP contribution in [0.3, 0.4) is 0 Å². The molecule has 1 aromatic rings. The molecule has 1 amide bonds. The van der Waals surface area contributed by atoms with Crippen LogP contribution in [0.4, 0.5) is 0 Å². The molecule has 0 bridgehead atoms. The highest BCUT2D eigenvalue weighted by atomic mass is 16.2. The molecule has 0 spiro atoms. The average Bonchev–Trinajstić information content (AvgIpc) is 2.34. The summed E-state index contributed by atoms with van der Waals surface area (Å²) in [7, 11) is 0. The van der Waals surface area contributed by atoms with Crippen LogP contribution in [-0.4, -0.2) is 24.2 Å². The highest BCUT2D eigenvalue weighted by molar-refractivity contribution is 5.96. The lowest BCUT2D eigenvalue weighted by Gasteiger charge is -2.06. The van der Waals surface area contributed by atoms with Crippen LogP contribution in [0, 0.1) is 18.8 Å². The lowest BCUT2D eigenvalue weighted by atomic mass is 10.0. The summed E-state index contributed by atoms with van der Waals surface area (Å²) >= 11 is 0. The highest BCUT2D eigenvalue weighted by Gasteiger charge is 2.09. The molecule has 0 radical (unpaired) electrons. The van der Waals surface area contributed by atoms with E-state index in [-0.39, 0.29) is 12.5 Å². The molecular formula is C14H17NO2. The van der Waals surface area contributed by atoms with E-state index in [1.54, 1.807) is 6.07 Å². The molecule has 1 rings (SSSR count). The summed E-state index contributed by atoms with van der Waals surface area (Å²) in [5.74, 6) is 5.23. The molecule has 3 nitrogen and oxygen atoms in total. The minimum Gasteiger partial charge on any atom is -0.384 e. The molecule has 0 aliphatic heterocycles. The Morgan fingerprint density at radius 1 is 1.47 bits per heavy atom. The summed E-state index contributed by atoms with van der Waals surface area (Å²) in [6.07, 6.45) is 0.898. The number of carbonyl (C=O) groups excluding carboxylic acids is 1. The monoisotopic (exact) mass is 231 g/mol. The number of rotatable bonds is 3. The summed E-state index contributed by atoms with van der Waals surface area (Å²) in [6.45, 7) is 4.38. The molecule has 0 aliphatic rings. The Morgan fingerprint density at radius 3 is 2.88 bits per heavy atom. The number of hydrogen-bond donors (Lipinski definition) is 2. The van der Waals surface area contributed by atoms with Crippen molar-refractivity contribution in [3.63, 3.8) is 0 Å². The molecule has 0 atom stereocenters. The first-order valence-corrected chi connectivity index (χ1v) is 5.67. The molecule has 2 N–H and O–H groups in total. The fraction of sp³-hybridized carbons (Fsp3) is 0.357. The number of amides is 1. The third-order valence-corrected chi connectivity index (χ3v) is 2.26. The Kier molecular flexibility index (Phi) is 5.25. The second kappa shape index (κ2) is 6.72. The molecule has 17 heavy (non-hydrogen) atoms. The van der Waals surface area contributed by atoms with E-state index < -0.39 is 0 Å². The number of benzene rings is 1. The zero-order chi connectivity index (χ0) is 12.7. The maximum Gasteiger partial charge on any atom is 0.252 e. The van der Waals surface area contributed by atoms with Gasteiger partial charge in [0.25, 0.3) is 5.91 Å². The Hall–Kier alpha value is -1.79. The number of aliphatic hydroxyl groups excluding tert-OH is 1. The van der Waals surface area contributed by atoms with Crippen molar-refractivity contribution in [2.75, 3.05) is 13.2 Å². The topological polar surface area (TPSA) is 49.3 Å². The number of aryl methyl sites for hydroxylation is 1. The van der Waals surface area contributed by atoms with Crippen molar-refractivity contribution < 1.29 is 9.90 Å². The van der Waals surface area contributed by atoms with Crippen LogP contribution in [0.2, 0.25) is 0 Å². The molecule has 0 unspecified atom stereocenters. The van der Waals surface area contributed by atoms with E-state index in [9.17, 15) is 4.79 Å². The van der Waals surface area contributed by atoms with Gasteiger partial charge in [0.1, 0.15) is 6.61 Å². The zero-order valence-electron chi connectivity index (χ0n) is 10.2. The molecule has 0 fully saturated rings. The van der Waals surface area contributed by atoms with Gasteiger partial charge in [-0.15, -0.1) is 0 Å². The fourth-order valence-corrected chi connectivity index (χ4v) is 1.42. The molecule has 0 aromatic heterocycles. The maximum absolute atomic E-state index is 11.9. The van der Waals surface area contributed by atoms with Gasteiger partial charge < -0.3 is 10.4 Å². The normalized spacial score (nSPS) is 9.35. The van der Waals surface area contributed by atoms with Crippen LogP contribution >= 0.6 is 0 Å². The van der Waals surface area contributed by atoms with E-state index in [1.165, 1.54) is 0 Å². The van der Waals surface area contributed by atoms with E-state index in [1.807, 2.05) is 26.0 Å². The molecule has 1 aromatic carbocycles. The third kappa shape index (κ3) is 3.93. The van der Waals surface area contributed by atoms with Gasteiger partial charge in [0.05, 0.1) is 5.56 Å². The summed E-state index contributed by atoms with van der Waals surface area (Å²) in [5, 5.41) is 11.5. The van der Waals surface area contributed by atoms with Crippen molar-refractivity contribution in [3.05, 3.63) is 34.9 Å². The largest absolute Gasteiger partial charge is 0.384 e. The fourth-order valence-electron chi connectivity index (χ4n) is 1.42. The molecule has 0 aliphatic carbocycles. The SMILES string of the molecule is CCCNC(=O)c1cc(C)ccc1C#CCO. The lowest BCUT2D eigenvalue weighted by Crippen LogP contribution is -2.24. The van der Waals surface area contributed by atoms with Crippen molar-refractivity contribution in [1.82, 2.24) is 5.32 Å². The van der Waals surface area contributed by atoms with Crippen molar-refractivity contribution in [3.8, 4) is 11.8 Å². The minimum absolute atomic E-state index is 0.113. The summed E-state index contributed by atoms with van der Waals surface area (Å²) in [5.41, 5.74) is 2.24. The Balaban J connectivity index is 3.02. The standard InChI is InChI=1S/C14H17NO2/c1-3-8-15-14(17)13-10-11(2)6-7-12(13)5-4-9-16/h6-7,10,16H,3,8-9H2,1-2H3,(H,15,17). The van der Waals surface area contributed by atoms with E-state index in [2.05, 4.69) is 17.2 Å². The van der Waals surface area contributed by atoms with Gasteiger partial charge in [-0.3, -0.25) is 4.79 Å². The van der Waals surface area contributed by atoms with Crippen LogP contribution in [0.15, 0.2) is 18.2 Å². The second-order valence-corrected chi connectivity index (χ2v) is 3.76. The smallest absolute Gasteiger partial charge is 0.252 e. The number of aliphatic hydroxyl groups is 1. The molecule has 0 saturated heterocycles. The average molecular weight is 231 g/mol. The zero-order valence-corrected chi connectivity index (χ0v) is 10.2. The quantitative estimate of drug-likeness (QED) is 0.774. The first kappa shape index (κ1) is 13.3. The first-order chi connectivity index (χ1) is 8.19. The summed E-state index contributed by atoms with van der Waals surface area (Å²) < 4.78 is 0. The Labute approximate surface area is 102 Å². The van der Waals surface area contributed by atoms with E-state index >= 15 is 0 Å². The molecular weight excluding hydrogens is 214 g/mol. The maximum atomic E-state index is 11.9. The predicted molar refractivity (Wildman–Crippen MR) is 67.8 cm³/mol. The first-order valence-electron chi connectivity index (χ1n) is 5.67. The molecule has 90 valence electrons. The van der Waals surface area contributed by atoms with Crippen molar-refractivity contribution in [1.29, 1.82) is 0 Å². The molecule has 3 heteroatoms. The van der Waals surface area contributed by atoms with Crippen molar-refractivity contribution >= 4 is 5.91 Å². The number of carbonyl (C=O) groups is 1. The van der Waals surface area contributed by atoms with Gasteiger partial charge in [-0.1, -0.05) is 30.4 Å². The van der Waals surface area contributed by atoms with Crippen LogP contribution in [0.25, 0.3) is 0 Å². The van der Waals surface area contributed by atoms with Gasteiger partial charge in [0, 0.05) is 12.1 Å². The van der Waals surface area contributed by atoms with Crippen LogP contribution in [0.1, 0.15) is 34.8 Å². The van der Waals surface area contributed by atoms with E-state index in [4.69, 9.17) is 5.11 Å². The van der Waals surface area contributed by atoms with Crippen LogP contribution in [0.5, 0.6) is 0 Å². The van der Waals surface area contributed by atoms with Crippen molar-refractivity contribution in [2.45, 2.75) is 20.3 Å². The van der Waals surface area contributed by atoms with Gasteiger partial charge in [0.2, 0.25) is 0 Å². The molecule has 0 heterocycles. The number of hydrogen-bond acceptors (Lipinski definition) is 2. The van der Waals surface area contributed by atoms with Crippen LogP contribution in [-0.2, 0) is 0 Å². The van der Waals surface area contributed by atoms with Gasteiger partial charge in [-0.05, 0) is 25.5 Å². The van der Waals surface area contributed by atoms with Crippen molar-refractivity contribution in [2.24, 2.45) is 0 Å². The van der Waals surface area contributed by atoms with Gasteiger partial charge in [-0.2, -0.15) is 0 Å². The second-order valence-electron chi connectivity index (χ2n) is 3.76. The van der Waals surface area contributed by atoms with Gasteiger partial charge in [-0.25, -0.2) is 0 Å². The Morgan fingerprint density at radius 2 is 2.24 bits per heavy atom. The summed E-state index contributed by atoms with van der Waals surface area (Å²) in [6, 6.07) is 5.52. The molecule has 0 saturated carbocycles. The van der Waals surface area contributed by atoms with Gasteiger partial charge in [0.15, 0.2) is 0 Å². The van der Waals surface area contributed by atoms with Gasteiger partial charge >= 0.3 is 0 Å². The number of nitrogens with one attached hydrogen (secondary N) is 1. The van der Waals surface area contributed by atoms with Crippen LogP contribution < -0.4 is 5.32 Å². The lowest BCUT2D eigenvalue weighted by molar-refractivity contribution is 0.0953. The Bertz CT molecular complexity index is 455. The predicted octanol–water partition coefficient (Wildman–Crippen LogP) is 1.48.